The molecule has 0 aliphatic carbocycles. The molecule has 0 aliphatic rings. The lowest BCUT2D eigenvalue weighted by atomic mass is 10.3. The first-order valence-electron chi connectivity index (χ1n) is 5.40. The van der Waals surface area contributed by atoms with Gasteiger partial charge in [-0.1, -0.05) is 0 Å². The molecule has 0 unspecified atom stereocenters. The number of hydrogen-bond donors (Lipinski definition) is 2. The highest BCUT2D eigenvalue weighted by atomic mass is 19.1. The van der Waals surface area contributed by atoms with E-state index in [2.05, 4.69) is 15.3 Å². The molecule has 7 heteroatoms. The minimum Gasteiger partial charge on any atom is -0.494 e. The maximum Gasteiger partial charge on any atom is 0.204 e. The van der Waals surface area contributed by atoms with Crippen molar-refractivity contribution in [2.45, 2.75) is 0 Å². The van der Waals surface area contributed by atoms with Crippen LogP contribution in [0.3, 0.4) is 0 Å². The fraction of sp³-hybridized carbons (Fsp3) is 0.167. The smallest absolute Gasteiger partial charge is 0.204 e. The molecule has 0 bridgehead atoms. The number of halogens is 1. The van der Waals surface area contributed by atoms with Crippen LogP contribution in [0.2, 0.25) is 0 Å². The van der Waals surface area contributed by atoms with Crippen LogP contribution < -0.4 is 20.5 Å². The van der Waals surface area contributed by atoms with Gasteiger partial charge in [0.05, 0.1) is 14.2 Å². The number of rotatable bonds is 4. The third-order valence-corrected chi connectivity index (χ3v) is 2.45. The van der Waals surface area contributed by atoms with E-state index in [1.165, 1.54) is 32.7 Å². The summed E-state index contributed by atoms with van der Waals surface area (Å²) in [5, 5.41) is 2.90. The van der Waals surface area contributed by atoms with Crippen molar-refractivity contribution < 1.29 is 13.9 Å². The van der Waals surface area contributed by atoms with Crippen LogP contribution >= 0.6 is 0 Å². The van der Waals surface area contributed by atoms with Gasteiger partial charge in [-0.25, -0.2) is 14.4 Å². The van der Waals surface area contributed by atoms with Crippen LogP contribution in [0.4, 0.5) is 21.7 Å². The van der Waals surface area contributed by atoms with Gasteiger partial charge in [-0.3, -0.25) is 0 Å². The Hall–Kier alpha value is -2.57. The minimum absolute atomic E-state index is 0.166. The van der Waals surface area contributed by atoms with Gasteiger partial charge in [0.15, 0.2) is 23.2 Å². The van der Waals surface area contributed by atoms with Gasteiger partial charge in [-0.15, -0.1) is 0 Å². The molecule has 0 fully saturated rings. The molecule has 0 radical (unpaired) electrons. The fourth-order valence-electron chi connectivity index (χ4n) is 1.56. The monoisotopic (exact) mass is 264 g/mol. The lowest BCUT2D eigenvalue weighted by Gasteiger charge is -2.11. The maximum atomic E-state index is 13.6. The zero-order valence-corrected chi connectivity index (χ0v) is 10.5. The predicted molar refractivity (Wildman–Crippen MR) is 69.2 cm³/mol. The fourth-order valence-corrected chi connectivity index (χ4v) is 1.56. The Bertz CT molecular complexity index is 592. The number of nitrogens with zero attached hydrogens (tertiary/aromatic N) is 2. The molecule has 2 aromatic rings. The van der Waals surface area contributed by atoms with Gasteiger partial charge in [0.2, 0.25) is 5.75 Å². The highest BCUT2D eigenvalue weighted by molar-refractivity contribution is 5.68. The highest BCUT2D eigenvalue weighted by Gasteiger charge is 2.11. The van der Waals surface area contributed by atoms with Crippen molar-refractivity contribution in [3.63, 3.8) is 0 Å². The number of nitrogen functional groups attached to an aromatic ring is 1. The number of hydrogen-bond acceptors (Lipinski definition) is 6. The molecule has 0 atom stereocenters. The van der Waals surface area contributed by atoms with E-state index >= 15 is 0 Å². The van der Waals surface area contributed by atoms with Crippen molar-refractivity contribution in [1.82, 2.24) is 9.97 Å². The third-order valence-electron chi connectivity index (χ3n) is 2.45. The Labute approximate surface area is 109 Å². The van der Waals surface area contributed by atoms with E-state index in [0.717, 1.165) is 0 Å². The molecule has 19 heavy (non-hydrogen) atoms. The molecule has 0 saturated heterocycles. The molecule has 0 amide bonds. The lowest BCUT2D eigenvalue weighted by Crippen LogP contribution is -2.03. The van der Waals surface area contributed by atoms with E-state index in [4.69, 9.17) is 15.2 Å². The Morgan fingerprint density at radius 2 is 2.00 bits per heavy atom. The Morgan fingerprint density at radius 1 is 1.21 bits per heavy atom. The quantitative estimate of drug-likeness (QED) is 0.878. The first-order chi connectivity index (χ1) is 9.15. The molecule has 2 rings (SSSR count). The van der Waals surface area contributed by atoms with Gasteiger partial charge >= 0.3 is 0 Å². The molecule has 0 spiro atoms. The predicted octanol–water partition coefficient (Wildman–Crippen LogP) is 1.96. The summed E-state index contributed by atoms with van der Waals surface area (Å²) in [7, 11) is 2.86. The number of anilines is 3. The Balaban J connectivity index is 2.31. The van der Waals surface area contributed by atoms with E-state index in [1.54, 1.807) is 6.07 Å². The molecule has 3 N–H and O–H groups in total. The Morgan fingerprint density at radius 3 is 2.63 bits per heavy atom. The molecule has 1 aromatic heterocycles. The molecular weight excluding hydrogens is 251 g/mol. The van der Waals surface area contributed by atoms with Crippen molar-refractivity contribution >= 4 is 17.3 Å². The van der Waals surface area contributed by atoms with Crippen LogP contribution in [-0.2, 0) is 0 Å². The number of methoxy groups -OCH3 is 2. The topological polar surface area (TPSA) is 82.3 Å². The summed E-state index contributed by atoms with van der Waals surface area (Å²) in [6, 6.07) is 4.45. The average molecular weight is 264 g/mol. The van der Waals surface area contributed by atoms with Crippen molar-refractivity contribution in [3.8, 4) is 11.5 Å². The van der Waals surface area contributed by atoms with Crippen LogP contribution in [0.15, 0.2) is 24.5 Å². The summed E-state index contributed by atoms with van der Waals surface area (Å²) in [6.45, 7) is 0. The molecule has 0 aliphatic heterocycles. The molecule has 1 heterocycles. The summed E-state index contributed by atoms with van der Waals surface area (Å²) in [5.41, 5.74) is 6.15. The normalized spacial score (nSPS) is 10.1. The second kappa shape index (κ2) is 5.38. The van der Waals surface area contributed by atoms with Crippen molar-refractivity contribution in [2.24, 2.45) is 0 Å². The van der Waals surface area contributed by atoms with Crippen molar-refractivity contribution in [3.05, 3.63) is 30.3 Å². The highest BCUT2D eigenvalue weighted by Crippen LogP contribution is 2.30. The summed E-state index contributed by atoms with van der Waals surface area (Å²) in [4.78, 5) is 7.80. The number of benzene rings is 1. The summed E-state index contributed by atoms with van der Waals surface area (Å²) in [6.07, 6.45) is 1.29. The third kappa shape index (κ3) is 2.65. The summed E-state index contributed by atoms with van der Waals surface area (Å²) >= 11 is 0. The largest absolute Gasteiger partial charge is 0.494 e. The van der Waals surface area contributed by atoms with Crippen LogP contribution in [0.25, 0.3) is 0 Å². The van der Waals surface area contributed by atoms with E-state index < -0.39 is 5.82 Å². The molecule has 1 aromatic carbocycles. The molecular formula is C12H13FN4O2. The number of aromatic nitrogens is 2. The van der Waals surface area contributed by atoms with E-state index in [9.17, 15) is 4.39 Å². The SMILES string of the molecule is COc1ccc(Nc2ncnc(N)c2OC)cc1F. The Kier molecular flexibility index (Phi) is 3.65. The first kappa shape index (κ1) is 12.9. The van der Waals surface area contributed by atoms with Crippen LogP contribution in [-0.4, -0.2) is 24.2 Å². The van der Waals surface area contributed by atoms with Gasteiger partial charge in [-0.2, -0.15) is 0 Å². The first-order valence-corrected chi connectivity index (χ1v) is 5.40. The van der Waals surface area contributed by atoms with Gasteiger partial charge in [0, 0.05) is 11.8 Å². The van der Waals surface area contributed by atoms with E-state index in [0.29, 0.717) is 17.3 Å². The average Bonchev–Trinajstić information content (AvgIpc) is 2.39. The maximum absolute atomic E-state index is 13.6. The van der Waals surface area contributed by atoms with Crippen LogP contribution in [0.1, 0.15) is 0 Å². The van der Waals surface area contributed by atoms with Gasteiger partial charge in [0.1, 0.15) is 6.33 Å². The lowest BCUT2D eigenvalue weighted by molar-refractivity contribution is 0.386. The molecule has 100 valence electrons. The van der Waals surface area contributed by atoms with E-state index in [-0.39, 0.29) is 11.6 Å². The number of ether oxygens (including phenoxy) is 2. The van der Waals surface area contributed by atoms with Crippen molar-refractivity contribution in [1.29, 1.82) is 0 Å². The zero-order chi connectivity index (χ0) is 13.8. The van der Waals surface area contributed by atoms with Gasteiger partial charge in [0.25, 0.3) is 0 Å². The minimum atomic E-state index is -0.478. The van der Waals surface area contributed by atoms with Crippen molar-refractivity contribution in [2.75, 3.05) is 25.3 Å². The molecule has 0 saturated carbocycles. The van der Waals surface area contributed by atoms with E-state index in [1.807, 2.05) is 0 Å². The second-order valence-electron chi connectivity index (χ2n) is 3.62. The van der Waals surface area contributed by atoms with Crippen LogP contribution in [0.5, 0.6) is 11.5 Å². The number of nitrogens with two attached hydrogens (primary N) is 1. The molecule has 6 nitrogen and oxygen atoms in total. The summed E-state index contributed by atoms with van der Waals surface area (Å²) < 4.78 is 23.5. The standard InChI is InChI=1S/C12H13FN4O2/c1-18-9-4-3-7(5-8(9)13)17-12-10(19-2)11(14)15-6-16-12/h3-6H,1-2H3,(H3,14,15,16,17). The second-order valence-corrected chi connectivity index (χ2v) is 3.62. The van der Waals surface area contributed by atoms with Gasteiger partial charge < -0.3 is 20.5 Å². The van der Waals surface area contributed by atoms with Gasteiger partial charge in [-0.05, 0) is 12.1 Å². The van der Waals surface area contributed by atoms with Crippen LogP contribution in [0, 0.1) is 5.82 Å². The summed E-state index contributed by atoms with van der Waals surface area (Å²) in [5.74, 6) is 0.556. The zero-order valence-electron chi connectivity index (χ0n) is 10.5. The number of nitrogens with one attached hydrogen (secondary N) is 1.